The quantitative estimate of drug-likeness (QED) is 0.529. The van der Waals surface area contributed by atoms with Crippen LogP contribution in [0.15, 0.2) is 12.7 Å². The molecular formula is C8H14O. The van der Waals surface area contributed by atoms with Crippen molar-refractivity contribution in [1.82, 2.24) is 0 Å². The molecule has 52 valence electrons. The molecule has 0 amide bonds. The van der Waals surface area contributed by atoms with E-state index in [-0.39, 0.29) is 0 Å². The molecule has 1 aliphatic rings. The molecule has 0 spiro atoms. The fourth-order valence-corrected chi connectivity index (χ4v) is 1.48. The zero-order valence-electron chi connectivity index (χ0n) is 6.09. The largest absolute Gasteiger partial charge is 0.386 e. The lowest BCUT2D eigenvalue weighted by atomic mass is 9.63. The second-order valence-electron chi connectivity index (χ2n) is 3.17. The van der Waals surface area contributed by atoms with Gasteiger partial charge in [0, 0.05) is 0 Å². The maximum Gasteiger partial charge on any atom is 0.0855 e. The first-order valence-corrected chi connectivity index (χ1v) is 3.46. The van der Waals surface area contributed by atoms with Gasteiger partial charge in [-0.2, -0.15) is 0 Å². The molecule has 1 saturated carbocycles. The molecule has 1 nitrogen and oxygen atoms in total. The van der Waals surface area contributed by atoms with Crippen LogP contribution in [0.5, 0.6) is 0 Å². The third-order valence-electron chi connectivity index (χ3n) is 2.64. The maximum atomic E-state index is 9.54. The Bertz CT molecular complexity index is 131. The van der Waals surface area contributed by atoms with Crippen molar-refractivity contribution in [3.05, 3.63) is 12.7 Å². The Hall–Kier alpha value is -0.300. The van der Waals surface area contributed by atoms with Gasteiger partial charge in [0.2, 0.25) is 0 Å². The molecule has 0 bridgehead atoms. The standard InChI is InChI=1S/C8H14O/c1-4-8(9)5-6(2)7(8)3/h4,6-7,9H,1,5H2,2-3H3. The summed E-state index contributed by atoms with van der Waals surface area (Å²) in [6.07, 6.45) is 2.55. The van der Waals surface area contributed by atoms with Gasteiger partial charge in [-0.3, -0.25) is 0 Å². The zero-order chi connectivity index (χ0) is 7.07. The second-order valence-corrected chi connectivity index (χ2v) is 3.17. The maximum absolute atomic E-state index is 9.54. The Morgan fingerprint density at radius 3 is 2.33 bits per heavy atom. The average molecular weight is 126 g/mol. The van der Waals surface area contributed by atoms with E-state index in [0.29, 0.717) is 11.8 Å². The molecule has 1 rings (SSSR count). The molecule has 9 heavy (non-hydrogen) atoms. The van der Waals surface area contributed by atoms with E-state index in [2.05, 4.69) is 20.4 Å². The predicted octanol–water partition coefficient (Wildman–Crippen LogP) is 1.58. The highest BCUT2D eigenvalue weighted by atomic mass is 16.3. The van der Waals surface area contributed by atoms with E-state index >= 15 is 0 Å². The van der Waals surface area contributed by atoms with Crippen LogP contribution in [0.3, 0.4) is 0 Å². The van der Waals surface area contributed by atoms with Crippen molar-refractivity contribution >= 4 is 0 Å². The molecule has 0 radical (unpaired) electrons. The molecule has 1 aliphatic carbocycles. The number of hydrogen-bond donors (Lipinski definition) is 1. The molecule has 1 heteroatoms. The molecule has 0 saturated heterocycles. The Balaban J connectivity index is 2.58. The van der Waals surface area contributed by atoms with Gasteiger partial charge in [-0.25, -0.2) is 0 Å². The van der Waals surface area contributed by atoms with E-state index in [1.807, 2.05) is 0 Å². The summed E-state index contributed by atoms with van der Waals surface area (Å²) in [5.74, 6) is 1.06. The number of hydrogen-bond acceptors (Lipinski definition) is 1. The van der Waals surface area contributed by atoms with Gasteiger partial charge in [0.15, 0.2) is 0 Å². The van der Waals surface area contributed by atoms with Crippen molar-refractivity contribution in [2.75, 3.05) is 0 Å². The predicted molar refractivity (Wildman–Crippen MR) is 38.1 cm³/mol. The Morgan fingerprint density at radius 2 is 2.22 bits per heavy atom. The topological polar surface area (TPSA) is 20.2 Å². The van der Waals surface area contributed by atoms with Crippen LogP contribution in [0.2, 0.25) is 0 Å². The molecule has 0 aromatic heterocycles. The van der Waals surface area contributed by atoms with Gasteiger partial charge in [0.1, 0.15) is 0 Å². The van der Waals surface area contributed by atoms with Gasteiger partial charge in [0.05, 0.1) is 5.60 Å². The van der Waals surface area contributed by atoms with Gasteiger partial charge >= 0.3 is 0 Å². The minimum Gasteiger partial charge on any atom is -0.386 e. The lowest BCUT2D eigenvalue weighted by Crippen LogP contribution is -2.49. The highest BCUT2D eigenvalue weighted by molar-refractivity contribution is 5.08. The van der Waals surface area contributed by atoms with Crippen LogP contribution in [0.1, 0.15) is 20.3 Å². The number of aliphatic hydroxyl groups is 1. The van der Waals surface area contributed by atoms with Crippen molar-refractivity contribution in [2.45, 2.75) is 25.9 Å². The third-order valence-corrected chi connectivity index (χ3v) is 2.64. The van der Waals surface area contributed by atoms with E-state index in [0.717, 1.165) is 6.42 Å². The highest BCUT2D eigenvalue weighted by Crippen LogP contribution is 2.43. The summed E-state index contributed by atoms with van der Waals surface area (Å²) in [5.41, 5.74) is -0.542. The molecule has 3 unspecified atom stereocenters. The molecule has 3 atom stereocenters. The minimum atomic E-state index is -0.542. The molecule has 0 aliphatic heterocycles. The normalized spacial score (nSPS) is 50.1. The average Bonchev–Trinajstić information content (AvgIpc) is 1.87. The van der Waals surface area contributed by atoms with Crippen molar-refractivity contribution in [3.8, 4) is 0 Å². The van der Waals surface area contributed by atoms with Gasteiger partial charge in [-0.1, -0.05) is 19.9 Å². The number of rotatable bonds is 1. The molecule has 0 aromatic rings. The van der Waals surface area contributed by atoms with Crippen LogP contribution in [-0.4, -0.2) is 10.7 Å². The van der Waals surface area contributed by atoms with Crippen LogP contribution in [0.25, 0.3) is 0 Å². The summed E-state index contributed by atoms with van der Waals surface area (Å²) in [4.78, 5) is 0. The summed E-state index contributed by atoms with van der Waals surface area (Å²) in [7, 11) is 0. The SMILES string of the molecule is C=CC1(O)CC(C)C1C. The van der Waals surface area contributed by atoms with Crippen molar-refractivity contribution in [1.29, 1.82) is 0 Å². The van der Waals surface area contributed by atoms with E-state index in [1.54, 1.807) is 6.08 Å². The van der Waals surface area contributed by atoms with Crippen LogP contribution in [-0.2, 0) is 0 Å². The smallest absolute Gasteiger partial charge is 0.0855 e. The Morgan fingerprint density at radius 1 is 1.67 bits per heavy atom. The summed E-state index contributed by atoms with van der Waals surface area (Å²) < 4.78 is 0. The lowest BCUT2D eigenvalue weighted by Gasteiger charge is -2.47. The molecule has 1 fully saturated rings. The first-order chi connectivity index (χ1) is 4.10. The summed E-state index contributed by atoms with van der Waals surface area (Å²) >= 11 is 0. The molecular weight excluding hydrogens is 112 g/mol. The van der Waals surface area contributed by atoms with E-state index in [4.69, 9.17) is 0 Å². The van der Waals surface area contributed by atoms with Crippen LogP contribution < -0.4 is 0 Å². The summed E-state index contributed by atoms with van der Waals surface area (Å²) in [6.45, 7) is 7.81. The van der Waals surface area contributed by atoms with Crippen LogP contribution in [0.4, 0.5) is 0 Å². The van der Waals surface area contributed by atoms with Gasteiger partial charge in [0.25, 0.3) is 0 Å². The van der Waals surface area contributed by atoms with E-state index in [9.17, 15) is 5.11 Å². The van der Waals surface area contributed by atoms with Crippen molar-refractivity contribution < 1.29 is 5.11 Å². The Kier molecular flexibility index (Phi) is 1.39. The van der Waals surface area contributed by atoms with Crippen LogP contribution in [0, 0.1) is 11.8 Å². The van der Waals surface area contributed by atoms with Gasteiger partial charge in [-0.05, 0) is 18.3 Å². The molecule has 0 aromatic carbocycles. The Labute approximate surface area is 56.4 Å². The van der Waals surface area contributed by atoms with Crippen LogP contribution >= 0.6 is 0 Å². The first kappa shape index (κ1) is 6.81. The summed E-state index contributed by atoms with van der Waals surface area (Å²) in [5, 5.41) is 9.54. The van der Waals surface area contributed by atoms with Crippen molar-refractivity contribution in [2.24, 2.45) is 11.8 Å². The minimum absolute atomic E-state index is 0.398. The third kappa shape index (κ3) is 0.799. The van der Waals surface area contributed by atoms with E-state index < -0.39 is 5.60 Å². The fourth-order valence-electron chi connectivity index (χ4n) is 1.48. The summed E-state index contributed by atoms with van der Waals surface area (Å²) in [6, 6.07) is 0. The van der Waals surface area contributed by atoms with E-state index in [1.165, 1.54) is 0 Å². The molecule has 0 heterocycles. The lowest BCUT2D eigenvalue weighted by molar-refractivity contribution is -0.0842. The van der Waals surface area contributed by atoms with Crippen molar-refractivity contribution in [3.63, 3.8) is 0 Å². The first-order valence-electron chi connectivity index (χ1n) is 3.46. The second kappa shape index (κ2) is 1.84. The fraction of sp³-hybridized carbons (Fsp3) is 0.750. The molecule has 1 N–H and O–H groups in total. The highest BCUT2D eigenvalue weighted by Gasteiger charge is 2.45. The van der Waals surface area contributed by atoms with Gasteiger partial charge < -0.3 is 5.11 Å². The zero-order valence-corrected chi connectivity index (χ0v) is 6.09. The monoisotopic (exact) mass is 126 g/mol. The van der Waals surface area contributed by atoms with Gasteiger partial charge in [-0.15, -0.1) is 6.58 Å².